The summed E-state index contributed by atoms with van der Waals surface area (Å²) in [6, 6.07) is 24.6. The quantitative estimate of drug-likeness (QED) is 0.434. The zero-order chi connectivity index (χ0) is 22.6. The molecule has 1 aliphatic rings. The van der Waals surface area contributed by atoms with Gasteiger partial charge in [0.05, 0.1) is 9.82 Å². The first-order valence-electron chi connectivity index (χ1n) is 10.1. The number of rotatable bonds is 6. The summed E-state index contributed by atoms with van der Waals surface area (Å²) in [6.07, 6.45) is 1.10. The maximum absolute atomic E-state index is 12.7. The Balaban J connectivity index is 1.58. The van der Waals surface area contributed by atoms with Gasteiger partial charge in [-0.15, -0.1) is 0 Å². The number of piperidine rings is 1. The van der Waals surface area contributed by atoms with E-state index in [0.29, 0.717) is 12.8 Å². The lowest BCUT2D eigenvalue weighted by molar-refractivity contribution is -0.384. The molecule has 0 spiro atoms. The van der Waals surface area contributed by atoms with Gasteiger partial charge in [-0.1, -0.05) is 60.7 Å². The van der Waals surface area contributed by atoms with Crippen molar-refractivity contribution in [2.24, 2.45) is 5.10 Å². The average molecular weight is 451 g/mol. The molecule has 0 saturated carbocycles. The Labute approximate surface area is 186 Å². The van der Waals surface area contributed by atoms with E-state index in [1.54, 1.807) is 0 Å². The Hall–Kier alpha value is -3.56. The summed E-state index contributed by atoms with van der Waals surface area (Å²) in [4.78, 5) is 12.4. The minimum absolute atomic E-state index is 0.0159. The van der Waals surface area contributed by atoms with Gasteiger partial charge in [0.15, 0.2) is 0 Å². The standard InChI is InChI=1S/C23H22N4O4S/c28-27(29)20-11-13-21(14-12-20)32(30,31)26-25-19-15-22(17-7-3-1-4-8-17)24-23(16-19)18-9-5-2-6-10-18/h1-14,22-24,26H,15-16H2. The van der Waals surface area contributed by atoms with Crippen molar-refractivity contribution in [1.29, 1.82) is 0 Å². The third-order valence-electron chi connectivity index (χ3n) is 5.37. The number of nitro benzene ring substituents is 1. The van der Waals surface area contributed by atoms with Gasteiger partial charge in [-0.3, -0.25) is 10.1 Å². The minimum Gasteiger partial charge on any atom is -0.302 e. The first kappa shape index (κ1) is 21.7. The van der Waals surface area contributed by atoms with Crippen molar-refractivity contribution in [2.45, 2.75) is 29.8 Å². The third kappa shape index (κ3) is 5.01. The second-order valence-electron chi connectivity index (χ2n) is 7.53. The molecule has 0 amide bonds. The predicted octanol–water partition coefficient (Wildman–Crippen LogP) is 4.10. The molecular weight excluding hydrogens is 428 g/mol. The SMILES string of the molecule is O=[N+]([O-])c1ccc(S(=O)(=O)NN=C2CC(c3ccccc3)NC(c3ccccc3)C2)cc1. The Bertz CT molecular complexity index is 1160. The van der Waals surface area contributed by atoms with E-state index in [1.165, 1.54) is 12.1 Å². The van der Waals surface area contributed by atoms with Crippen molar-refractivity contribution < 1.29 is 13.3 Å². The molecule has 8 nitrogen and oxygen atoms in total. The molecule has 9 heteroatoms. The Morgan fingerprint density at radius 1 is 0.844 bits per heavy atom. The number of hydrogen-bond donors (Lipinski definition) is 2. The molecule has 4 rings (SSSR count). The van der Waals surface area contributed by atoms with E-state index in [-0.39, 0.29) is 22.7 Å². The molecule has 3 aromatic rings. The second-order valence-corrected chi connectivity index (χ2v) is 9.19. The van der Waals surface area contributed by atoms with Crippen molar-refractivity contribution in [2.75, 3.05) is 0 Å². The summed E-state index contributed by atoms with van der Waals surface area (Å²) in [5.41, 5.74) is 2.74. The molecule has 32 heavy (non-hydrogen) atoms. The van der Waals surface area contributed by atoms with Crippen LogP contribution in [0.1, 0.15) is 36.1 Å². The van der Waals surface area contributed by atoms with E-state index in [9.17, 15) is 18.5 Å². The van der Waals surface area contributed by atoms with Crippen LogP contribution in [-0.4, -0.2) is 19.1 Å². The highest BCUT2D eigenvalue weighted by molar-refractivity contribution is 7.89. The minimum atomic E-state index is -3.95. The largest absolute Gasteiger partial charge is 0.302 e. The Morgan fingerprint density at radius 3 is 1.81 bits per heavy atom. The number of non-ortho nitro benzene ring substituents is 1. The first-order chi connectivity index (χ1) is 15.4. The van der Waals surface area contributed by atoms with Crippen molar-refractivity contribution in [3.63, 3.8) is 0 Å². The summed E-state index contributed by atoms with van der Waals surface area (Å²) in [7, 11) is -3.95. The van der Waals surface area contributed by atoms with Gasteiger partial charge >= 0.3 is 0 Å². The summed E-state index contributed by atoms with van der Waals surface area (Å²) < 4.78 is 25.3. The average Bonchev–Trinajstić information content (AvgIpc) is 2.84. The van der Waals surface area contributed by atoms with E-state index in [0.717, 1.165) is 29.0 Å². The summed E-state index contributed by atoms with van der Waals surface area (Å²) >= 11 is 0. The Kier molecular flexibility index (Phi) is 6.29. The zero-order valence-electron chi connectivity index (χ0n) is 17.1. The number of nitro groups is 1. The van der Waals surface area contributed by atoms with Gasteiger partial charge in [0.25, 0.3) is 15.7 Å². The van der Waals surface area contributed by atoms with E-state index in [2.05, 4.69) is 15.2 Å². The van der Waals surface area contributed by atoms with Crippen LogP contribution in [0.15, 0.2) is 94.9 Å². The van der Waals surface area contributed by atoms with Gasteiger partial charge in [0.2, 0.25) is 0 Å². The maximum atomic E-state index is 12.7. The first-order valence-corrected chi connectivity index (χ1v) is 11.6. The fraction of sp³-hybridized carbons (Fsp3) is 0.174. The third-order valence-corrected chi connectivity index (χ3v) is 6.59. The van der Waals surface area contributed by atoms with Gasteiger partial charge in [0, 0.05) is 42.8 Å². The van der Waals surface area contributed by atoms with Crippen LogP contribution in [0.2, 0.25) is 0 Å². The zero-order valence-corrected chi connectivity index (χ0v) is 17.9. The van der Waals surface area contributed by atoms with Crippen molar-refractivity contribution in [3.8, 4) is 0 Å². The molecule has 3 aromatic carbocycles. The van der Waals surface area contributed by atoms with Crippen LogP contribution in [0.4, 0.5) is 5.69 Å². The van der Waals surface area contributed by atoms with Gasteiger partial charge in [-0.25, -0.2) is 4.83 Å². The number of hydrogen-bond acceptors (Lipinski definition) is 6. The van der Waals surface area contributed by atoms with Crippen LogP contribution in [0.3, 0.4) is 0 Å². The van der Waals surface area contributed by atoms with E-state index in [4.69, 9.17) is 0 Å². The fourth-order valence-corrected chi connectivity index (χ4v) is 4.58. The fourth-order valence-electron chi connectivity index (χ4n) is 3.73. The summed E-state index contributed by atoms with van der Waals surface area (Å²) in [5.74, 6) is 0. The van der Waals surface area contributed by atoms with E-state index >= 15 is 0 Å². The molecule has 0 aliphatic carbocycles. The number of nitrogens with zero attached hydrogens (tertiary/aromatic N) is 2. The molecular formula is C23H22N4O4S. The lowest BCUT2D eigenvalue weighted by Crippen LogP contribution is -2.36. The lowest BCUT2D eigenvalue weighted by Gasteiger charge is -2.32. The van der Waals surface area contributed by atoms with Crippen LogP contribution < -0.4 is 10.1 Å². The summed E-state index contributed by atoms with van der Waals surface area (Å²) in [5, 5.41) is 18.7. The maximum Gasteiger partial charge on any atom is 0.276 e. The highest BCUT2D eigenvalue weighted by atomic mass is 32.2. The van der Waals surface area contributed by atoms with Crippen LogP contribution in [0.25, 0.3) is 0 Å². The van der Waals surface area contributed by atoms with Crippen molar-refractivity contribution >= 4 is 21.4 Å². The highest BCUT2D eigenvalue weighted by Crippen LogP contribution is 2.31. The topological polar surface area (TPSA) is 114 Å². The summed E-state index contributed by atoms with van der Waals surface area (Å²) in [6.45, 7) is 0. The number of hydrazone groups is 1. The van der Waals surface area contributed by atoms with Gasteiger partial charge < -0.3 is 5.32 Å². The van der Waals surface area contributed by atoms with E-state index in [1.807, 2.05) is 60.7 Å². The van der Waals surface area contributed by atoms with Crippen molar-refractivity contribution in [1.82, 2.24) is 10.1 Å². The molecule has 164 valence electrons. The van der Waals surface area contributed by atoms with Crippen LogP contribution in [-0.2, 0) is 10.0 Å². The molecule has 0 aromatic heterocycles. The van der Waals surface area contributed by atoms with Gasteiger partial charge in [-0.2, -0.15) is 13.5 Å². The van der Waals surface area contributed by atoms with Crippen LogP contribution in [0, 0.1) is 10.1 Å². The molecule has 1 heterocycles. The lowest BCUT2D eigenvalue weighted by atomic mass is 9.89. The molecule has 2 unspecified atom stereocenters. The molecule has 0 radical (unpaired) electrons. The normalized spacial score (nSPS) is 18.7. The van der Waals surface area contributed by atoms with Crippen LogP contribution in [0.5, 0.6) is 0 Å². The van der Waals surface area contributed by atoms with Gasteiger partial charge in [-0.05, 0) is 23.3 Å². The smallest absolute Gasteiger partial charge is 0.276 e. The van der Waals surface area contributed by atoms with E-state index < -0.39 is 14.9 Å². The highest BCUT2D eigenvalue weighted by Gasteiger charge is 2.28. The van der Waals surface area contributed by atoms with Crippen LogP contribution >= 0.6 is 0 Å². The number of benzene rings is 3. The second kappa shape index (κ2) is 9.29. The number of sulfonamides is 1. The molecule has 2 N–H and O–H groups in total. The Morgan fingerprint density at radius 2 is 1.34 bits per heavy atom. The predicted molar refractivity (Wildman–Crippen MR) is 122 cm³/mol. The van der Waals surface area contributed by atoms with Gasteiger partial charge in [0.1, 0.15) is 0 Å². The number of nitrogens with one attached hydrogen (secondary N) is 2. The van der Waals surface area contributed by atoms with Crippen molar-refractivity contribution in [3.05, 3.63) is 106 Å². The molecule has 1 fully saturated rings. The molecule has 1 aliphatic heterocycles. The molecule has 2 atom stereocenters. The monoisotopic (exact) mass is 450 g/mol. The molecule has 0 bridgehead atoms. The molecule has 1 saturated heterocycles.